The van der Waals surface area contributed by atoms with Gasteiger partial charge < -0.3 is 10.5 Å². The minimum absolute atomic E-state index is 0.218. The molecule has 2 N–H and O–H groups in total. The molecular formula is C16H25NO. The van der Waals surface area contributed by atoms with Crippen LogP contribution in [0.3, 0.4) is 0 Å². The molecular weight excluding hydrogens is 222 g/mol. The summed E-state index contributed by atoms with van der Waals surface area (Å²) in [6.45, 7) is 5.74. The van der Waals surface area contributed by atoms with E-state index in [1.807, 2.05) is 0 Å². The molecule has 0 aliphatic heterocycles. The zero-order chi connectivity index (χ0) is 13.0. The van der Waals surface area contributed by atoms with Crippen molar-refractivity contribution in [3.63, 3.8) is 0 Å². The number of hydrogen-bond donors (Lipinski definition) is 1. The largest absolute Gasteiger partial charge is 0.493 e. The van der Waals surface area contributed by atoms with Crippen LogP contribution in [-0.4, -0.2) is 13.2 Å². The summed E-state index contributed by atoms with van der Waals surface area (Å²) in [5.41, 5.74) is 8.71. The summed E-state index contributed by atoms with van der Waals surface area (Å²) in [5.74, 6) is 1.01. The van der Waals surface area contributed by atoms with E-state index >= 15 is 0 Å². The van der Waals surface area contributed by atoms with Crippen molar-refractivity contribution in [2.24, 2.45) is 11.1 Å². The maximum Gasteiger partial charge on any atom is 0.122 e. The summed E-state index contributed by atoms with van der Waals surface area (Å²) < 4.78 is 6.05. The molecule has 2 rings (SSSR count). The minimum atomic E-state index is 0.218. The van der Waals surface area contributed by atoms with Crippen LogP contribution < -0.4 is 10.5 Å². The van der Waals surface area contributed by atoms with Gasteiger partial charge in [-0.25, -0.2) is 0 Å². The highest BCUT2D eigenvalue weighted by Gasteiger charge is 2.31. The Kier molecular flexibility index (Phi) is 4.28. The molecule has 0 atom stereocenters. The molecule has 0 bridgehead atoms. The van der Waals surface area contributed by atoms with Crippen LogP contribution in [0.1, 0.15) is 43.2 Å². The molecule has 0 amide bonds. The molecule has 1 fully saturated rings. The Bertz CT molecular complexity index is 394. The van der Waals surface area contributed by atoms with Crippen LogP contribution in [0, 0.1) is 19.3 Å². The second-order valence-corrected chi connectivity index (χ2v) is 5.82. The monoisotopic (exact) mass is 247 g/mol. The third kappa shape index (κ3) is 3.05. The van der Waals surface area contributed by atoms with Crippen LogP contribution in [0.5, 0.6) is 5.75 Å². The van der Waals surface area contributed by atoms with E-state index in [1.165, 1.54) is 43.2 Å². The van der Waals surface area contributed by atoms with E-state index in [0.717, 1.165) is 18.9 Å². The van der Waals surface area contributed by atoms with E-state index in [4.69, 9.17) is 10.5 Å². The Hall–Kier alpha value is -1.02. The van der Waals surface area contributed by atoms with Crippen molar-refractivity contribution in [1.29, 1.82) is 0 Å². The molecule has 0 spiro atoms. The predicted molar refractivity (Wildman–Crippen MR) is 76.0 cm³/mol. The van der Waals surface area contributed by atoms with Crippen LogP contribution in [0.25, 0.3) is 0 Å². The van der Waals surface area contributed by atoms with Crippen molar-refractivity contribution >= 4 is 0 Å². The molecule has 2 heteroatoms. The van der Waals surface area contributed by atoms with Gasteiger partial charge in [-0.15, -0.1) is 0 Å². The maximum absolute atomic E-state index is 6.05. The quantitative estimate of drug-likeness (QED) is 0.882. The summed E-state index contributed by atoms with van der Waals surface area (Å²) in [7, 11) is 0. The lowest BCUT2D eigenvalue weighted by Crippen LogP contribution is -2.38. The van der Waals surface area contributed by atoms with Gasteiger partial charge in [-0.05, 0) is 38.3 Å². The van der Waals surface area contributed by atoms with Crippen LogP contribution in [0.15, 0.2) is 18.2 Å². The number of nitrogens with two attached hydrogens (primary N) is 1. The van der Waals surface area contributed by atoms with Gasteiger partial charge in [-0.1, -0.05) is 37.0 Å². The Labute approximate surface area is 111 Å². The van der Waals surface area contributed by atoms with Gasteiger partial charge in [-0.2, -0.15) is 0 Å². The number of benzene rings is 1. The Morgan fingerprint density at radius 1 is 1.17 bits per heavy atom. The Morgan fingerprint density at radius 2 is 1.89 bits per heavy atom. The van der Waals surface area contributed by atoms with E-state index in [0.29, 0.717) is 0 Å². The molecule has 0 saturated heterocycles. The number of ether oxygens (including phenoxy) is 1. The van der Waals surface area contributed by atoms with Crippen LogP contribution >= 0.6 is 0 Å². The molecule has 1 aliphatic carbocycles. The van der Waals surface area contributed by atoms with Gasteiger partial charge in [0.15, 0.2) is 0 Å². The molecule has 0 heterocycles. The molecule has 0 aromatic heterocycles. The lowest BCUT2D eigenvalue weighted by molar-refractivity contribution is 0.105. The van der Waals surface area contributed by atoms with Gasteiger partial charge in [0.2, 0.25) is 0 Å². The fourth-order valence-corrected chi connectivity index (χ4v) is 2.90. The first-order chi connectivity index (χ1) is 8.65. The molecule has 1 aromatic rings. The van der Waals surface area contributed by atoms with Crippen LogP contribution in [0.4, 0.5) is 0 Å². The summed E-state index contributed by atoms with van der Waals surface area (Å²) in [5, 5.41) is 0. The number of hydrogen-bond acceptors (Lipinski definition) is 2. The summed E-state index contributed by atoms with van der Waals surface area (Å²) >= 11 is 0. The molecule has 0 unspecified atom stereocenters. The van der Waals surface area contributed by atoms with Crippen molar-refractivity contribution in [3.8, 4) is 5.75 Å². The summed E-state index contributed by atoms with van der Waals surface area (Å²) in [6, 6.07) is 6.36. The number of aryl methyl sites for hydroxylation is 2. The van der Waals surface area contributed by atoms with Gasteiger partial charge >= 0.3 is 0 Å². The topological polar surface area (TPSA) is 35.2 Å². The highest BCUT2D eigenvalue weighted by atomic mass is 16.5. The molecule has 1 saturated carbocycles. The molecule has 1 aliphatic rings. The smallest absolute Gasteiger partial charge is 0.122 e. The fraction of sp³-hybridized carbons (Fsp3) is 0.625. The van der Waals surface area contributed by atoms with Gasteiger partial charge in [0, 0.05) is 12.0 Å². The van der Waals surface area contributed by atoms with E-state index in [1.54, 1.807) is 0 Å². The van der Waals surface area contributed by atoms with Crippen molar-refractivity contribution in [1.82, 2.24) is 0 Å². The van der Waals surface area contributed by atoms with Gasteiger partial charge in [-0.3, -0.25) is 0 Å². The molecule has 18 heavy (non-hydrogen) atoms. The minimum Gasteiger partial charge on any atom is -0.493 e. The first kappa shape index (κ1) is 13.4. The molecule has 0 radical (unpaired) electrons. The third-order valence-electron chi connectivity index (χ3n) is 4.21. The van der Waals surface area contributed by atoms with Crippen molar-refractivity contribution < 1.29 is 4.74 Å². The average Bonchev–Trinajstić information content (AvgIpc) is 2.39. The lowest BCUT2D eigenvalue weighted by atomic mass is 9.75. The third-order valence-corrected chi connectivity index (χ3v) is 4.21. The molecule has 100 valence electrons. The summed E-state index contributed by atoms with van der Waals surface area (Å²) in [4.78, 5) is 0. The first-order valence-electron chi connectivity index (χ1n) is 7.05. The van der Waals surface area contributed by atoms with E-state index in [2.05, 4.69) is 32.0 Å². The van der Waals surface area contributed by atoms with Gasteiger partial charge in [0.05, 0.1) is 6.61 Å². The molecule has 2 nitrogen and oxygen atoms in total. The second kappa shape index (κ2) is 5.75. The van der Waals surface area contributed by atoms with Crippen molar-refractivity contribution in [2.75, 3.05) is 13.2 Å². The maximum atomic E-state index is 6.05. The van der Waals surface area contributed by atoms with Crippen molar-refractivity contribution in [3.05, 3.63) is 29.3 Å². The molecule has 1 aromatic carbocycles. The van der Waals surface area contributed by atoms with Crippen molar-refractivity contribution in [2.45, 2.75) is 46.0 Å². The Balaban J connectivity index is 2.01. The van der Waals surface area contributed by atoms with Gasteiger partial charge in [0.1, 0.15) is 5.75 Å². The van der Waals surface area contributed by atoms with E-state index in [9.17, 15) is 0 Å². The van der Waals surface area contributed by atoms with E-state index in [-0.39, 0.29) is 5.41 Å². The first-order valence-corrected chi connectivity index (χ1v) is 7.05. The second-order valence-electron chi connectivity index (χ2n) is 5.82. The van der Waals surface area contributed by atoms with E-state index < -0.39 is 0 Å². The Morgan fingerprint density at radius 3 is 2.50 bits per heavy atom. The lowest BCUT2D eigenvalue weighted by Gasteiger charge is -2.36. The highest BCUT2D eigenvalue weighted by Crippen LogP contribution is 2.36. The van der Waals surface area contributed by atoms with Gasteiger partial charge in [0.25, 0.3) is 0 Å². The zero-order valence-electron chi connectivity index (χ0n) is 11.7. The summed E-state index contributed by atoms with van der Waals surface area (Å²) in [6.07, 6.45) is 6.38. The highest BCUT2D eigenvalue weighted by molar-refractivity contribution is 5.35. The average molecular weight is 247 g/mol. The standard InChI is InChI=1S/C16H25NO/c1-13-6-7-15(14(2)10-13)18-12-16(11-17)8-4-3-5-9-16/h6-7,10H,3-5,8-9,11-12,17H2,1-2H3. The zero-order valence-corrected chi connectivity index (χ0v) is 11.7. The normalized spacial score (nSPS) is 18.6. The SMILES string of the molecule is Cc1ccc(OCC2(CN)CCCCC2)c(C)c1. The fourth-order valence-electron chi connectivity index (χ4n) is 2.90. The predicted octanol–water partition coefficient (Wildman–Crippen LogP) is 3.59. The number of rotatable bonds is 4. The van der Waals surface area contributed by atoms with Crippen LogP contribution in [-0.2, 0) is 0 Å². The van der Waals surface area contributed by atoms with Crippen LogP contribution in [0.2, 0.25) is 0 Å².